The molecule has 0 aromatic heterocycles. The third-order valence-electron chi connectivity index (χ3n) is 4.09. The van der Waals surface area contributed by atoms with Crippen molar-refractivity contribution in [1.82, 2.24) is 0 Å². The average Bonchev–Trinajstić information content (AvgIpc) is 2.83. The zero-order valence-electron chi connectivity index (χ0n) is 9.58. The summed E-state index contributed by atoms with van der Waals surface area (Å²) in [6, 6.07) is 0. The Hall–Kier alpha value is -0.0800. The van der Waals surface area contributed by atoms with E-state index in [0.29, 0.717) is 17.4 Å². The minimum Gasteiger partial charge on any atom is -0.381 e. The average molecular weight is 209 g/mol. The lowest BCUT2D eigenvalue weighted by Crippen LogP contribution is -2.22. The van der Waals surface area contributed by atoms with Crippen molar-refractivity contribution in [3.63, 3.8) is 0 Å². The van der Waals surface area contributed by atoms with Crippen LogP contribution < -0.4 is 0 Å². The molecule has 0 bridgehead atoms. The Morgan fingerprint density at radius 2 is 2.20 bits per heavy atom. The van der Waals surface area contributed by atoms with E-state index < -0.39 is 0 Å². The zero-order valence-corrected chi connectivity index (χ0v) is 9.58. The van der Waals surface area contributed by atoms with E-state index in [-0.39, 0.29) is 0 Å². The molecule has 1 saturated carbocycles. The van der Waals surface area contributed by atoms with Gasteiger partial charge in [-0.15, -0.1) is 0 Å². The maximum Gasteiger partial charge on any atom is 0.0607 e. The molecule has 2 heterocycles. The molecule has 0 N–H and O–H groups in total. The fourth-order valence-electron chi connectivity index (χ4n) is 2.98. The van der Waals surface area contributed by atoms with Gasteiger partial charge in [0.2, 0.25) is 0 Å². The van der Waals surface area contributed by atoms with Crippen LogP contribution in [0.1, 0.15) is 32.6 Å². The largest absolute Gasteiger partial charge is 0.381 e. The van der Waals surface area contributed by atoms with Gasteiger partial charge in [0, 0.05) is 6.61 Å². The molecule has 1 radical (unpaired) electrons. The Balaban J connectivity index is 1.51. The Bertz CT molecular complexity index is 229. The predicted molar refractivity (Wildman–Crippen MR) is 58.4 cm³/mol. The van der Waals surface area contributed by atoms with Crippen LogP contribution in [0.4, 0.5) is 0 Å². The predicted octanol–water partition coefficient (Wildman–Crippen LogP) is 2.43. The lowest BCUT2D eigenvalue weighted by molar-refractivity contribution is 0.0904. The Morgan fingerprint density at radius 3 is 2.87 bits per heavy atom. The summed E-state index contributed by atoms with van der Waals surface area (Å²) < 4.78 is 11.4. The first-order chi connectivity index (χ1) is 7.25. The van der Waals surface area contributed by atoms with Gasteiger partial charge in [-0.05, 0) is 49.4 Å². The molecule has 1 aliphatic carbocycles. The molecule has 0 aromatic rings. The Morgan fingerprint density at radius 1 is 1.33 bits per heavy atom. The van der Waals surface area contributed by atoms with Crippen LogP contribution in [0.5, 0.6) is 0 Å². The van der Waals surface area contributed by atoms with Crippen LogP contribution in [0.15, 0.2) is 0 Å². The molecule has 3 fully saturated rings. The molecule has 3 rings (SSSR count). The van der Waals surface area contributed by atoms with Crippen LogP contribution in [0.25, 0.3) is 0 Å². The van der Waals surface area contributed by atoms with E-state index in [9.17, 15) is 0 Å². The monoisotopic (exact) mass is 209 g/mol. The molecule has 3 aliphatic rings. The SMILES string of the molecule is CC1([CH]C2COC(C3CC3)C2)CCOC1. The molecule has 85 valence electrons. The van der Waals surface area contributed by atoms with Crippen molar-refractivity contribution in [2.75, 3.05) is 19.8 Å². The van der Waals surface area contributed by atoms with E-state index >= 15 is 0 Å². The lowest BCUT2D eigenvalue weighted by Gasteiger charge is -2.24. The standard InChI is InChI=1S/C13H21O2/c1-13(4-5-14-9-13)7-10-6-12(15-8-10)11-2-3-11/h7,10-12H,2-6,8-9H2,1H3. The second-order valence-corrected chi connectivity index (χ2v) is 5.83. The molecular formula is C13H21O2. The van der Waals surface area contributed by atoms with Gasteiger partial charge in [0.25, 0.3) is 0 Å². The fraction of sp³-hybridized carbons (Fsp3) is 0.923. The smallest absolute Gasteiger partial charge is 0.0607 e. The highest BCUT2D eigenvalue weighted by Gasteiger charge is 2.41. The Kier molecular flexibility index (Phi) is 2.52. The molecule has 0 aromatic carbocycles. The molecular weight excluding hydrogens is 188 g/mol. The van der Waals surface area contributed by atoms with E-state index in [1.54, 1.807) is 0 Å². The van der Waals surface area contributed by atoms with Crippen molar-refractivity contribution in [3.05, 3.63) is 6.42 Å². The number of hydrogen-bond donors (Lipinski definition) is 0. The summed E-state index contributed by atoms with van der Waals surface area (Å²) in [4.78, 5) is 0. The minimum absolute atomic E-state index is 0.326. The second kappa shape index (κ2) is 3.74. The van der Waals surface area contributed by atoms with Gasteiger partial charge < -0.3 is 9.47 Å². The fourth-order valence-corrected chi connectivity index (χ4v) is 2.98. The summed E-state index contributed by atoms with van der Waals surface area (Å²) in [7, 11) is 0. The van der Waals surface area contributed by atoms with Crippen LogP contribution in [0, 0.1) is 23.7 Å². The molecule has 3 unspecified atom stereocenters. The highest BCUT2D eigenvalue weighted by molar-refractivity contribution is 4.99. The summed E-state index contributed by atoms with van der Waals surface area (Å²) in [6.45, 7) is 5.13. The van der Waals surface area contributed by atoms with E-state index in [1.807, 2.05) is 0 Å². The van der Waals surface area contributed by atoms with Crippen LogP contribution in [0.2, 0.25) is 0 Å². The van der Waals surface area contributed by atoms with Gasteiger partial charge in [0.15, 0.2) is 0 Å². The van der Waals surface area contributed by atoms with E-state index in [1.165, 1.54) is 25.7 Å². The van der Waals surface area contributed by atoms with E-state index in [2.05, 4.69) is 13.3 Å². The quantitative estimate of drug-likeness (QED) is 0.710. The van der Waals surface area contributed by atoms with Gasteiger partial charge in [0.1, 0.15) is 0 Å². The molecule has 0 spiro atoms. The molecule has 2 heteroatoms. The zero-order chi connectivity index (χ0) is 10.3. The third kappa shape index (κ3) is 2.21. The highest BCUT2D eigenvalue weighted by Crippen LogP contribution is 2.43. The van der Waals surface area contributed by atoms with Crippen molar-refractivity contribution in [3.8, 4) is 0 Å². The topological polar surface area (TPSA) is 18.5 Å². The van der Waals surface area contributed by atoms with Gasteiger partial charge in [-0.1, -0.05) is 6.92 Å². The summed E-state index contributed by atoms with van der Waals surface area (Å²) in [5.41, 5.74) is 0.326. The van der Waals surface area contributed by atoms with Gasteiger partial charge in [-0.2, -0.15) is 0 Å². The number of rotatable bonds is 3. The first kappa shape index (κ1) is 10.1. The van der Waals surface area contributed by atoms with Crippen molar-refractivity contribution >= 4 is 0 Å². The highest BCUT2D eigenvalue weighted by atomic mass is 16.5. The van der Waals surface area contributed by atoms with Crippen LogP contribution in [0.3, 0.4) is 0 Å². The summed E-state index contributed by atoms with van der Waals surface area (Å²) in [5.74, 6) is 1.58. The normalized spacial score (nSPS) is 46.2. The summed E-state index contributed by atoms with van der Waals surface area (Å²) >= 11 is 0. The molecule has 15 heavy (non-hydrogen) atoms. The van der Waals surface area contributed by atoms with E-state index in [0.717, 1.165) is 25.7 Å². The molecule has 2 aliphatic heterocycles. The molecule has 2 saturated heterocycles. The van der Waals surface area contributed by atoms with Gasteiger partial charge in [-0.25, -0.2) is 0 Å². The number of hydrogen-bond acceptors (Lipinski definition) is 2. The first-order valence-corrected chi connectivity index (χ1v) is 6.31. The summed E-state index contributed by atoms with van der Waals surface area (Å²) in [5, 5.41) is 0. The maximum absolute atomic E-state index is 5.87. The first-order valence-electron chi connectivity index (χ1n) is 6.31. The third-order valence-corrected chi connectivity index (χ3v) is 4.09. The van der Waals surface area contributed by atoms with Crippen molar-refractivity contribution < 1.29 is 9.47 Å². The van der Waals surface area contributed by atoms with Crippen molar-refractivity contribution in [1.29, 1.82) is 0 Å². The van der Waals surface area contributed by atoms with E-state index in [4.69, 9.17) is 9.47 Å². The van der Waals surface area contributed by atoms with Gasteiger partial charge in [0.05, 0.1) is 19.3 Å². The van der Waals surface area contributed by atoms with Gasteiger partial charge in [-0.3, -0.25) is 0 Å². The number of ether oxygens (including phenoxy) is 2. The summed E-state index contributed by atoms with van der Waals surface area (Å²) in [6.07, 6.45) is 8.35. The maximum atomic E-state index is 5.87. The Labute approximate surface area is 92.3 Å². The van der Waals surface area contributed by atoms with Crippen molar-refractivity contribution in [2.24, 2.45) is 17.3 Å². The van der Waals surface area contributed by atoms with Crippen molar-refractivity contribution in [2.45, 2.75) is 38.7 Å². The van der Waals surface area contributed by atoms with Gasteiger partial charge >= 0.3 is 0 Å². The second-order valence-electron chi connectivity index (χ2n) is 5.83. The molecule has 3 atom stereocenters. The molecule has 0 amide bonds. The van der Waals surface area contributed by atoms with Crippen LogP contribution >= 0.6 is 0 Å². The van der Waals surface area contributed by atoms with Crippen LogP contribution in [-0.2, 0) is 9.47 Å². The lowest BCUT2D eigenvalue weighted by atomic mass is 9.79. The molecule has 2 nitrogen and oxygen atoms in total. The minimum atomic E-state index is 0.326. The van der Waals surface area contributed by atoms with Crippen LogP contribution in [-0.4, -0.2) is 25.9 Å².